The van der Waals surface area contributed by atoms with Gasteiger partial charge in [-0.25, -0.2) is 9.78 Å². The first-order valence-electron chi connectivity index (χ1n) is 6.05. The molecule has 1 atom stereocenters. The molecule has 5 heteroatoms. The molecule has 3 rings (SSSR count). The fourth-order valence-corrected chi connectivity index (χ4v) is 2.30. The highest BCUT2D eigenvalue weighted by Gasteiger charge is 2.17. The zero-order valence-electron chi connectivity index (χ0n) is 9.87. The number of carbonyl (C=O) groups is 1. The van der Waals surface area contributed by atoms with Crippen LogP contribution in [-0.2, 0) is 11.2 Å². The van der Waals surface area contributed by atoms with E-state index in [4.69, 9.17) is 9.84 Å². The number of aromatic nitrogens is 2. The van der Waals surface area contributed by atoms with Crippen LogP contribution in [0, 0.1) is 0 Å². The maximum atomic E-state index is 10.9. The molecule has 0 aliphatic carbocycles. The van der Waals surface area contributed by atoms with Gasteiger partial charge in [0.15, 0.2) is 0 Å². The van der Waals surface area contributed by atoms with Crippen LogP contribution in [0.1, 0.15) is 28.9 Å². The van der Waals surface area contributed by atoms with Crippen LogP contribution >= 0.6 is 0 Å². The third-order valence-electron chi connectivity index (χ3n) is 3.22. The van der Waals surface area contributed by atoms with Gasteiger partial charge in [0, 0.05) is 25.4 Å². The molecule has 2 aromatic rings. The molecule has 1 fully saturated rings. The van der Waals surface area contributed by atoms with E-state index in [0.29, 0.717) is 5.65 Å². The Hall–Kier alpha value is -1.88. The molecule has 3 heterocycles. The molecule has 1 unspecified atom stereocenters. The number of carboxylic acids is 1. The van der Waals surface area contributed by atoms with E-state index >= 15 is 0 Å². The van der Waals surface area contributed by atoms with Gasteiger partial charge in [0.2, 0.25) is 0 Å². The van der Waals surface area contributed by atoms with Crippen molar-refractivity contribution in [1.29, 1.82) is 0 Å². The summed E-state index contributed by atoms with van der Waals surface area (Å²) in [7, 11) is 0. The molecule has 0 spiro atoms. The van der Waals surface area contributed by atoms with Crippen molar-refractivity contribution in [3.8, 4) is 0 Å². The van der Waals surface area contributed by atoms with Crippen molar-refractivity contribution >= 4 is 11.6 Å². The van der Waals surface area contributed by atoms with Crippen LogP contribution in [0.25, 0.3) is 5.65 Å². The van der Waals surface area contributed by atoms with Gasteiger partial charge in [-0.15, -0.1) is 0 Å². The van der Waals surface area contributed by atoms with E-state index in [0.717, 1.165) is 31.6 Å². The van der Waals surface area contributed by atoms with E-state index < -0.39 is 5.97 Å². The number of aromatic carboxylic acids is 1. The summed E-state index contributed by atoms with van der Waals surface area (Å²) < 4.78 is 7.42. The van der Waals surface area contributed by atoms with E-state index in [-0.39, 0.29) is 11.7 Å². The van der Waals surface area contributed by atoms with Gasteiger partial charge in [-0.05, 0) is 25.0 Å². The average Bonchev–Trinajstić information content (AvgIpc) is 2.96. The second kappa shape index (κ2) is 4.42. The van der Waals surface area contributed by atoms with Gasteiger partial charge in [-0.1, -0.05) is 0 Å². The molecule has 0 bridgehead atoms. The monoisotopic (exact) mass is 246 g/mol. The number of hydrogen-bond donors (Lipinski definition) is 1. The van der Waals surface area contributed by atoms with Gasteiger partial charge < -0.3 is 14.2 Å². The molecule has 1 aliphatic heterocycles. The van der Waals surface area contributed by atoms with E-state index in [1.54, 1.807) is 18.3 Å². The minimum absolute atomic E-state index is 0.258. The maximum Gasteiger partial charge on any atom is 0.335 e. The Morgan fingerprint density at radius 2 is 2.50 bits per heavy atom. The Morgan fingerprint density at radius 1 is 1.61 bits per heavy atom. The van der Waals surface area contributed by atoms with Crippen molar-refractivity contribution in [2.45, 2.75) is 25.4 Å². The van der Waals surface area contributed by atoms with Gasteiger partial charge in [0.1, 0.15) is 5.65 Å². The van der Waals surface area contributed by atoms with Gasteiger partial charge in [-0.2, -0.15) is 0 Å². The van der Waals surface area contributed by atoms with Crippen LogP contribution in [0.2, 0.25) is 0 Å². The predicted molar refractivity (Wildman–Crippen MR) is 64.8 cm³/mol. The standard InChI is InChI=1S/C13H14N2O3/c16-13(17)9-3-4-15-8-10(14-12(15)6-9)7-11-2-1-5-18-11/h3-4,6,8,11H,1-2,5,7H2,(H,16,17). The second-order valence-electron chi connectivity index (χ2n) is 4.56. The quantitative estimate of drug-likeness (QED) is 0.896. The average molecular weight is 246 g/mol. The Bertz CT molecular complexity index is 585. The molecule has 0 radical (unpaired) electrons. The molecular formula is C13H14N2O3. The predicted octanol–water partition coefficient (Wildman–Crippen LogP) is 1.75. The zero-order valence-corrected chi connectivity index (χ0v) is 9.87. The summed E-state index contributed by atoms with van der Waals surface area (Å²) in [4.78, 5) is 15.3. The van der Waals surface area contributed by atoms with Gasteiger partial charge in [-0.3, -0.25) is 0 Å². The summed E-state index contributed by atoms with van der Waals surface area (Å²) >= 11 is 0. The molecule has 5 nitrogen and oxygen atoms in total. The van der Waals surface area contributed by atoms with Crippen LogP contribution in [0.3, 0.4) is 0 Å². The lowest BCUT2D eigenvalue weighted by Crippen LogP contribution is -2.08. The molecule has 0 aromatic carbocycles. The molecule has 2 aromatic heterocycles. The molecule has 18 heavy (non-hydrogen) atoms. The molecular weight excluding hydrogens is 232 g/mol. The molecule has 1 aliphatic rings. The lowest BCUT2D eigenvalue weighted by atomic mass is 10.1. The molecule has 94 valence electrons. The van der Waals surface area contributed by atoms with Crippen LogP contribution in [0.15, 0.2) is 24.5 Å². The first kappa shape index (κ1) is 11.2. The van der Waals surface area contributed by atoms with Crippen molar-refractivity contribution < 1.29 is 14.6 Å². The highest BCUT2D eigenvalue weighted by Crippen LogP contribution is 2.17. The van der Waals surface area contributed by atoms with Gasteiger partial charge >= 0.3 is 5.97 Å². The minimum atomic E-state index is -0.929. The number of nitrogens with zero attached hydrogens (tertiary/aromatic N) is 2. The topological polar surface area (TPSA) is 63.8 Å². The fraction of sp³-hybridized carbons (Fsp3) is 0.385. The van der Waals surface area contributed by atoms with E-state index in [1.165, 1.54) is 0 Å². The third kappa shape index (κ3) is 2.09. The summed E-state index contributed by atoms with van der Waals surface area (Å²) in [5.74, 6) is -0.929. The first-order valence-corrected chi connectivity index (χ1v) is 6.05. The van der Waals surface area contributed by atoms with Crippen molar-refractivity contribution in [3.63, 3.8) is 0 Å². The Labute approximate surface area is 104 Å². The second-order valence-corrected chi connectivity index (χ2v) is 4.56. The van der Waals surface area contributed by atoms with Crippen LogP contribution < -0.4 is 0 Å². The van der Waals surface area contributed by atoms with E-state index in [9.17, 15) is 4.79 Å². The molecule has 0 saturated carbocycles. The number of hydrogen-bond acceptors (Lipinski definition) is 3. The summed E-state index contributed by atoms with van der Waals surface area (Å²) in [6, 6.07) is 3.16. The summed E-state index contributed by atoms with van der Waals surface area (Å²) in [6.07, 6.45) is 6.90. The maximum absolute atomic E-state index is 10.9. The number of imidazole rings is 1. The van der Waals surface area contributed by atoms with Crippen LogP contribution in [0.4, 0.5) is 0 Å². The zero-order chi connectivity index (χ0) is 12.5. The van der Waals surface area contributed by atoms with Crippen LogP contribution in [0.5, 0.6) is 0 Å². The highest BCUT2D eigenvalue weighted by atomic mass is 16.5. The van der Waals surface area contributed by atoms with Gasteiger partial charge in [0.25, 0.3) is 0 Å². The third-order valence-corrected chi connectivity index (χ3v) is 3.22. The molecule has 1 N–H and O–H groups in total. The van der Waals surface area contributed by atoms with Crippen LogP contribution in [-0.4, -0.2) is 33.2 Å². The Morgan fingerprint density at radius 3 is 3.22 bits per heavy atom. The SMILES string of the molecule is O=C(O)c1ccn2cc(CC3CCCO3)nc2c1. The smallest absolute Gasteiger partial charge is 0.335 e. The Balaban J connectivity index is 1.87. The summed E-state index contributed by atoms with van der Waals surface area (Å²) in [5, 5.41) is 8.92. The first-order chi connectivity index (χ1) is 8.72. The highest BCUT2D eigenvalue weighted by molar-refractivity contribution is 5.88. The van der Waals surface area contributed by atoms with Crippen molar-refractivity contribution in [2.24, 2.45) is 0 Å². The lowest BCUT2D eigenvalue weighted by Gasteiger charge is -2.05. The van der Waals surface area contributed by atoms with Crippen molar-refractivity contribution in [1.82, 2.24) is 9.38 Å². The van der Waals surface area contributed by atoms with Crippen molar-refractivity contribution in [2.75, 3.05) is 6.61 Å². The van der Waals surface area contributed by atoms with E-state index in [2.05, 4.69) is 4.98 Å². The fourth-order valence-electron chi connectivity index (χ4n) is 2.30. The number of fused-ring (bicyclic) bond motifs is 1. The minimum Gasteiger partial charge on any atom is -0.478 e. The normalized spacial score (nSPS) is 19.4. The largest absolute Gasteiger partial charge is 0.478 e. The van der Waals surface area contributed by atoms with Gasteiger partial charge in [0.05, 0.1) is 17.4 Å². The van der Waals surface area contributed by atoms with Crippen molar-refractivity contribution in [3.05, 3.63) is 35.8 Å². The van der Waals surface area contributed by atoms with E-state index in [1.807, 2.05) is 10.6 Å². The Kier molecular flexibility index (Phi) is 2.76. The molecule has 1 saturated heterocycles. The number of ether oxygens (including phenoxy) is 1. The summed E-state index contributed by atoms with van der Waals surface area (Å²) in [6.45, 7) is 0.835. The molecule has 0 amide bonds. The lowest BCUT2D eigenvalue weighted by molar-refractivity contribution is 0.0697. The number of carboxylic acid groups (broad SMARTS) is 1. The number of rotatable bonds is 3. The number of pyridine rings is 1. The summed E-state index contributed by atoms with van der Waals surface area (Å²) in [5.41, 5.74) is 1.88.